The molecule has 0 unspecified atom stereocenters. The van der Waals surface area contributed by atoms with Crippen molar-refractivity contribution in [1.29, 1.82) is 0 Å². The lowest BCUT2D eigenvalue weighted by Gasteiger charge is -2.14. The molecular weight excluding hydrogens is 318 g/mol. The lowest BCUT2D eigenvalue weighted by atomic mass is 10.1. The fourth-order valence-electron chi connectivity index (χ4n) is 2.31. The highest BCUT2D eigenvalue weighted by Gasteiger charge is 2.20. The van der Waals surface area contributed by atoms with Gasteiger partial charge in [0.25, 0.3) is 0 Å². The molecule has 0 fully saturated rings. The predicted octanol–water partition coefficient (Wildman–Crippen LogP) is 2.99. The predicted molar refractivity (Wildman–Crippen MR) is 89.9 cm³/mol. The van der Waals surface area contributed by atoms with Crippen molar-refractivity contribution < 1.29 is 13.5 Å². The molecule has 0 amide bonds. The first-order chi connectivity index (χ1) is 10.2. The second kappa shape index (κ2) is 6.50. The Kier molecular flexibility index (Phi) is 5.07. The molecule has 4 nitrogen and oxygen atoms in total. The summed E-state index contributed by atoms with van der Waals surface area (Å²) in [6.45, 7) is 7.49. The zero-order chi connectivity index (χ0) is 16.5. The molecule has 22 heavy (non-hydrogen) atoms. The number of aryl methyl sites for hydroxylation is 4. The van der Waals surface area contributed by atoms with Gasteiger partial charge >= 0.3 is 0 Å². The summed E-state index contributed by atoms with van der Waals surface area (Å²) in [5.74, 6) is 0. The minimum absolute atomic E-state index is 0.0317. The Hall–Kier alpha value is -1.21. The molecule has 0 radical (unpaired) electrons. The lowest BCUT2D eigenvalue weighted by Crippen LogP contribution is -2.29. The van der Waals surface area contributed by atoms with E-state index in [0.717, 1.165) is 21.6 Å². The Morgan fingerprint density at radius 1 is 1.09 bits per heavy atom. The molecule has 0 bridgehead atoms. The van der Waals surface area contributed by atoms with E-state index in [1.165, 1.54) is 11.3 Å². The molecule has 1 aromatic heterocycles. The molecule has 2 rings (SSSR count). The van der Waals surface area contributed by atoms with Crippen molar-refractivity contribution in [2.45, 2.75) is 38.7 Å². The van der Waals surface area contributed by atoms with Gasteiger partial charge < -0.3 is 5.11 Å². The SMILES string of the molecule is Cc1cc(C)c(S(=O)(=O)NC[C@H](O)c2sccc2C)cc1C. The van der Waals surface area contributed by atoms with Gasteiger partial charge in [0.2, 0.25) is 10.0 Å². The maximum absolute atomic E-state index is 12.5. The summed E-state index contributed by atoms with van der Waals surface area (Å²) in [5.41, 5.74) is 3.67. The molecule has 0 aliphatic heterocycles. The van der Waals surface area contributed by atoms with Gasteiger partial charge in [-0.15, -0.1) is 11.3 Å². The second-order valence-corrected chi connectivity index (χ2v) is 8.22. The quantitative estimate of drug-likeness (QED) is 0.880. The van der Waals surface area contributed by atoms with E-state index >= 15 is 0 Å². The number of thiophene rings is 1. The second-order valence-electron chi connectivity index (χ2n) is 5.54. The standard InChI is InChI=1S/C16H21NO3S2/c1-10-5-6-21-16(10)14(18)9-17-22(19,20)15-8-12(3)11(2)7-13(15)4/h5-8,14,17-18H,9H2,1-4H3/t14-/m0/s1. The minimum Gasteiger partial charge on any atom is -0.386 e. The van der Waals surface area contributed by atoms with Gasteiger partial charge in [-0.1, -0.05) is 6.07 Å². The molecule has 0 saturated carbocycles. The molecule has 0 saturated heterocycles. The smallest absolute Gasteiger partial charge is 0.240 e. The van der Waals surface area contributed by atoms with Crippen LogP contribution in [0.4, 0.5) is 0 Å². The average Bonchev–Trinajstić information content (AvgIpc) is 2.86. The third-order valence-corrected chi connectivity index (χ3v) is 6.44. The molecule has 6 heteroatoms. The topological polar surface area (TPSA) is 66.4 Å². The first kappa shape index (κ1) is 17.1. The number of rotatable bonds is 5. The fraction of sp³-hybridized carbons (Fsp3) is 0.375. The summed E-state index contributed by atoms with van der Waals surface area (Å²) in [6, 6.07) is 5.45. The van der Waals surface area contributed by atoms with Gasteiger partial charge in [0.05, 0.1) is 4.90 Å². The number of hydrogen-bond acceptors (Lipinski definition) is 4. The molecular formula is C16H21NO3S2. The van der Waals surface area contributed by atoms with Crippen LogP contribution < -0.4 is 4.72 Å². The number of aliphatic hydroxyl groups excluding tert-OH is 1. The largest absolute Gasteiger partial charge is 0.386 e. The van der Waals surface area contributed by atoms with Crippen molar-refractivity contribution in [3.05, 3.63) is 50.7 Å². The average molecular weight is 339 g/mol. The fourth-order valence-corrected chi connectivity index (χ4v) is 4.57. The maximum atomic E-state index is 12.5. The number of aliphatic hydroxyl groups is 1. The molecule has 1 atom stereocenters. The number of nitrogens with one attached hydrogen (secondary N) is 1. The molecule has 0 aliphatic rings. The van der Waals surface area contributed by atoms with Crippen LogP contribution in [0.2, 0.25) is 0 Å². The summed E-state index contributed by atoms with van der Waals surface area (Å²) in [5, 5.41) is 12.0. The van der Waals surface area contributed by atoms with E-state index in [0.29, 0.717) is 5.56 Å². The molecule has 2 N–H and O–H groups in total. The van der Waals surface area contributed by atoms with E-state index < -0.39 is 16.1 Å². The highest BCUT2D eigenvalue weighted by atomic mass is 32.2. The third kappa shape index (κ3) is 3.57. The van der Waals surface area contributed by atoms with E-state index in [4.69, 9.17) is 0 Å². The van der Waals surface area contributed by atoms with Crippen LogP contribution >= 0.6 is 11.3 Å². The van der Waals surface area contributed by atoms with Gasteiger partial charge in [-0.2, -0.15) is 0 Å². The highest BCUT2D eigenvalue weighted by molar-refractivity contribution is 7.89. The van der Waals surface area contributed by atoms with E-state index in [2.05, 4.69) is 4.72 Å². The molecule has 2 aromatic rings. The van der Waals surface area contributed by atoms with Gasteiger partial charge in [0.15, 0.2) is 0 Å². The monoisotopic (exact) mass is 339 g/mol. The van der Waals surface area contributed by atoms with Gasteiger partial charge in [0.1, 0.15) is 6.10 Å². The van der Waals surface area contributed by atoms with Gasteiger partial charge in [0, 0.05) is 11.4 Å². The summed E-state index contributed by atoms with van der Waals surface area (Å²) < 4.78 is 27.4. The number of benzene rings is 1. The number of hydrogen-bond donors (Lipinski definition) is 2. The van der Waals surface area contributed by atoms with Crippen LogP contribution in [-0.2, 0) is 10.0 Å². The van der Waals surface area contributed by atoms with Crippen LogP contribution in [0.1, 0.15) is 33.2 Å². The van der Waals surface area contributed by atoms with E-state index in [9.17, 15) is 13.5 Å². The van der Waals surface area contributed by atoms with Gasteiger partial charge in [-0.05, 0) is 67.5 Å². The van der Waals surface area contributed by atoms with Crippen molar-refractivity contribution >= 4 is 21.4 Å². The van der Waals surface area contributed by atoms with Crippen LogP contribution in [0.3, 0.4) is 0 Å². The molecule has 1 heterocycles. The summed E-state index contributed by atoms with van der Waals surface area (Å²) >= 11 is 1.43. The maximum Gasteiger partial charge on any atom is 0.240 e. The van der Waals surface area contributed by atoms with Crippen molar-refractivity contribution in [3.63, 3.8) is 0 Å². The van der Waals surface area contributed by atoms with E-state index in [1.807, 2.05) is 38.3 Å². The van der Waals surface area contributed by atoms with Crippen LogP contribution in [0.15, 0.2) is 28.5 Å². The zero-order valence-corrected chi connectivity index (χ0v) is 14.8. The minimum atomic E-state index is -3.63. The molecule has 0 spiro atoms. The lowest BCUT2D eigenvalue weighted by molar-refractivity contribution is 0.185. The van der Waals surface area contributed by atoms with Gasteiger partial charge in [-0.25, -0.2) is 13.1 Å². The normalized spacial score (nSPS) is 13.3. The van der Waals surface area contributed by atoms with Crippen molar-refractivity contribution in [2.24, 2.45) is 0 Å². The van der Waals surface area contributed by atoms with Crippen molar-refractivity contribution in [1.82, 2.24) is 4.72 Å². The first-order valence-corrected chi connectivity index (χ1v) is 9.38. The van der Waals surface area contributed by atoms with Crippen molar-refractivity contribution in [3.8, 4) is 0 Å². The highest BCUT2D eigenvalue weighted by Crippen LogP contribution is 2.24. The summed E-state index contributed by atoms with van der Waals surface area (Å²) in [4.78, 5) is 1.06. The van der Waals surface area contributed by atoms with Gasteiger partial charge in [-0.3, -0.25) is 0 Å². The van der Waals surface area contributed by atoms with Crippen LogP contribution in [-0.4, -0.2) is 20.1 Å². The number of sulfonamides is 1. The Bertz CT molecular complexity index is 779. The Morgan fingerprint density at radius 3 is 2.32 bits per heavy atom. The summed E-state index contributed by atoms with van der Waals surface area (Å²) in [7, 11) is -3.63. The van der Waals surface area contributed by atoms with E-state index in [1.54, 1.807) is 13.0 Å². The molecule has 0 aliphatic carbocycles. The third-order valence-electron chi connectivity index (χ3n) is 3.75. The first-order valence-electron chi connectivity index (χ1n) is 7.02. The summed E-state index contributed by atoms with van der Waals surface area (Å²) in [6.07, 6.45) is -0.832. The van der Waals surface area contributed by atoms with Crippen LogP contribution in [0.5, 0.6) is 0 Å². The van der Waals surface area contributed by atoms with Crippen molar-refractivity contribution in [2.75, 3.05) is 6.54 Å². The Labute approximate surface area is 135 Å². The van der Waals surface area contributed by atoms with E-state index in [-0.39, 0.29) is 11.4 Å². The zero-order valence-electron chi connectivity index (χ0n) is 13.2. The van der Waals surface area contributed by atoms with Crippen LogP contribution in [0, 0.1) is 27.7 Å². The Balaban J connectivity index is 2.19. The Morgan fingerprint density at radius 2 is 1.73 bits per heavy atom. The molecule has 1 aromatic carbocycles. The molecule has 120 valence electrons. The van der Waals surface area contributed by atoms with Crippen LogP contribution in [0.25, 0.3) is 0 Å².